The summed E-state index contributed by atoms with van der Waals surface area (Å²) in [5.41, 5.74) is 0. The average Bonchev–Trinajstić information content (AvgIpc) is 2.37. The Kier molecular flexibility index (Phi) is 6.73. The highest BCUT2D eigenvalue weighted by molar-refractivity contribution is 5.76. The van der Waals surface area contributed by atoms with Crippen LogP contribution in [0, 0.1) is 12.3 Å². The van der Waals surface area contributed by atoms with Crippen molar-refractivity contribution >= 4 is 5.91 Å². The van der Waals surface area contributed by atoms with Crippen molar-refractivity contribution in [2.45, 2.75) is 64.0 Å². The van der Waals surface area contributed by atoms with Crippen LogP contribution in [0.3, 0.4) is 0 Å². The van der Waals surface area contributed by atoms with E-state index in [1.807, 2.05) is 0 Å². The van der Waals surface area contributed by atoms with Gasteiger partial charge in [0.25, 0.3) is 0 Å². The number of amides is 1. The molecule has 0 saturated carbocycles. The summed E-state index contributed by atoms with van der Waals surface area (Å²) in [5.74, 6) is 2.66. The van der Waals surface area contributed by atoms with E-state index >= 15 is 0 Å². The summed E-state index contributed by atoms with van der Waals surface area (Å²) in [4.78, 5) is 11.7. The number of hydrogen-bond acceptors (Lipinski definition) is 2. The normalized spacial score (nSPS) is 21.5. The molecule has 0 bridgehead atoms. The molecule has 2 unspecified atom stereocenters. The molecule has 0 radical (unpaired) electrons. The number of hydrogen-bond donors (Lipinski definition) is 1. The molecule has 0 aliphatic carbocycles. The second-order valence-electron chi connectivity index (χ2n) is 4.60. The molecule has 1 aliphatic rings. The summed E-state index contributed by atoms with van der Waals surface area (Å²) < 4.78 is 5.59. The van der Waals surface area contributed by atoms with Crippen molar-refractivity contribution in [2.75, 3.05) is 6.61 Å². The van der Waals surface area contributed by atoms with Gasteiger partial charge in [0.05, 0.1) is 12.1 Å². The van der Waals surface area contributed by atoms with E-state index in [1.54, 1.807) is 0 Å². The van der Waals surface area contributed by atoms with E-state index in [9.17, 15) is 4.79 Å². The molecule has 2 atom stereocenters. The molecule has 1 heterocycles. The van der Waals surface area contributed by atoms with Crippen LogP contribution in [-0.2, 0) is 9.53 Å². The Labute approximate surface area is 104 Å². The van der Waals surface area contributed by atoms with E-state index in [0.29, 0.717) is 6.42 Å². The Bertz CT molecular complexity index is 264. The lowest BCUT2D eigenvalue weighted by Gasteiger charge is -2.22. The maximum Gasteiger partial charge on any atom is 0.221 e. The number of ether oxygens (including phenoxy) is 1. The molecule has 1 amide bonds. The van der Waals surface area contributed by atoms with Crippen LogP contribution in [0.25, 0.3) is 0 Å². The Morgan fingerprint density at radius 2 is 2.41 bits per heavy atom. The highest BCUT2D eigenvalue weighted by Gasteiger charge is 2.16. The van der Waals surface area contributed by atoms with Crippen LogP contribution >= 0.6 is 0 Å². The van der Waals surface area contributed by atoms with Crippen LogP contribution in [0.15, 0.2) is 0 Å². The molecule has 96 valence electrons. The molecule has 0 aromatic carbocycles. The molecule has 3 nitrogen and oxygen atoms in total. The molecule has 17 heavy (non-hydrogen) atoms. The van der Waals surface area contributed by atoms with E-state index in [-0.39, 0.29) is 18.1 Å². The molecule has 3 heteroatoms. The SMILES string of the molecule is C#CC(CCC)NC(=O)CCC1CCCCO1. The van der Waals surface area contributed by atoms with Gasteiger partial charge in [-0.25, -0.2) is 0 Å². The topological polar surface area (TPSA) is 38.3 Å². The van der Waals surface area contributed by atoms with Gasteiger partial charge < -0.3 is 10.1 Å². The maximum absolute atomic E-state index is 11.7. The first-order valence-electron chi connectivity index (χ1n) is 6.63. The van der Waals surface area contributed by atoms with Gasteiger partial charge in [-0.2, -0.15) is 0 Å². The molecule has 0 aromatic heterocycles. The van der Waals surface area contributed by atoms with Crippen molar-refractivity contribution in [3.63, 3.8) is 0 Å². The molecule has 1 fully saturated rings. The second-order valence-corrected chi connectivity index (χ2v) is 4.60. The van der Waals surface area contributed by atoms with Gasteiger partial charge in [-0.15, -0.1) is 6.42 Å². The predicted molar refractivity (Wildman–Crippen MR) is 68.5 cm³/mol. The maximum atomic E-state index is 11.7. The van der Waals surface area contributed by atoms with Crippen LogP contribution in [0.1, 0.15) is 51.9 Å². The second kappa shape index (κ2) is 8.14. The minimum absolute atomic E-state index is 0.0515. The monoisotopic (exact) mass is 237 g/mol. The highest BCUT2D eigenvalue weighted by Crippen LogP contribution is 2.16. The predicted octanol–water partition coefficient (Wildman–Crippen LogP) is 2.25. The first kappa shape index (κ1) is 14.1. The van der Waals surface area contributed by atoms with Gasteiger partial charge in [0.15, 0.2) is 0 Å². The van der Waals surface area contributed by atoms with E-state index < -0.39 is 0 Å². The minimum Gasteiger partial charge on any atom is -0.378 e. The third kappa shape index (κ3) is 5.74. The number of carbonyl (C=O) groups is 1. The molecule has 1 aliphatic heterocycles. The number of nitrogens with one attached hydrogen (secondary N) is 1. The van der Waals surface area contributed by atoms with Crippen molar-refractivity contribution < 1.29 is 9.53 Å². The summed E-state index contributed by atoms with van der Waals surface area (Å²) in [6, 6.07) is -0.111. The number of carbonyl (C=O) groups excluding carboxylic acids is 1. The lowest BCUT2D eigenvalue weighted by atomic mass is 10.0. The Balaban J connectivity index is 2.17. The number of terminal acetylenes is 1. The zero-order chi connectivity index (χ0) is 12.5. The fourth-order valence-corrected chi connectivity index (χ4v) is 2.08. The highest BCUT2D eigenvalue weighted by atomic mass is 16.5. The zero-order valence-electron chi connectivity index (χ0n) is 10.7. The summed E-state index contributed by atoms with van der Waals surface area (Å²) >= 11 is 0. The van der Waals surface area contributed by atoms with Gasteiger partial charge in [-0.1, -0.05) is 19.3 Å². The summed E-state index contributed by atoms with van der Waals surface area (Å²) in [7, 11) is 0. The van der Waals surface area contributed by atoms with E-state index in [1.165, 1.54) is 6.42 Å². The van der Waals surface area contributed by atoms with Crippen LogP contribution in [0.5, 0.6) is 0 Å². The lowest BCUT2D eigenvalue weighted by molar-refractivity contribution is -0.122. The average molecular weight is 237 g/mol. The first-order valence-corrected chi connectivity index (χ1v) is 6.63. The van der Waals surface area contributed by atoms with Crippen molar-refractivity contribution in [2.24, 2.45) is 0 Å². The molecule has 0 aromatic rings. The Hall–Kier alpha value is -1.01. The Morgan fingerprint density at radius 3 is 3.00 bits per heavy atom. The number of rotatable bonds is 6. The van der Waals surface area contributed by atoms with Gasteiger partial charge in [0.1, 0.15) is 0 Å². The molecule has 1 N–H and O–H groups in total. The minimum atomic E-state index is -0.111. The standard InChI is InChI=1S/C14H23NO2/c1-3-7-12(4-2)15-14(16)10-9-13-8-5-6-11-17-13/h2,12-13H,3,5-11H2,1H3,(H,15,16). The van der Waals surface area contributed by atoms with Crippen LogP contribution in [0.4, 0.5) is 0 Å². The summed E-state index contributed by atoms with van der Waals surface area (Å²) in [6.45, 7) is 2.90. The third-order valence-corrected chi connectivity index (χ3v) is 3.08. The van der Waals surface area contributed by atoms with E-state index in [0.717, 1.165) is 38.7 Å². The van der Waals surface area contributed by atoms with Gasteiger partial charge in [0, 0.05) is 13.0 Å². The summed E-state index contributed by atoms with van der Waals surface area (Å²) in [6.07, 6.45) is 12.2. The van der Waals surface area contributed by atoms with Crippen LogP contribution in [-0.4, -0.2) is 24.7 Å². The van der Waals surface area contributed by atoms with Crippen molar-refractivity contribution in [1.82, 2.24) is 5.32 Å². The van der Waals surface area contributed by atoms with E-state index in [4.69, 9.17) is 11.2 Å². The van der Waals surface area contributed by atoms with Crippen molar-refractivity contribution in [1.29, 1.82) is 0 Å². The van der Waals surface area contributed by atoms with Crippen LogP contribution in [0.2, 0.25) is 0 Å². The van der Waals surface area contributed by atoms with Gasteiger partial charge in [0.2, 0.25) is 5.91 Å². The van der Waals surface area contributed by atoms with Gasteiger partial charge >= 0.3 is 0 Å². The molecule has 0 spiro atoms. The molecular formula is C14H23NO2. The van der Waals surface area contributed by atoms with E-state index in [2.05, 4.69) is 18.2 Å². The fraction of sp³-hybridized carbons (Fsp3) is 0.786. The van der Waals surface area contributed by atoms with Crippen LogP contribution < -0.4 is 5.32 Å². The molecule has 1 rings (SSSR count). The van der Waals surface area contributed by atoms with Crippen molar-refractivity contribution in [3.8, 4) is 12.3 Å². The zero-order valence-corrected chi connectivity index (χ0v) is 10.7. The Morgan fingerprint density at radius 1 is 1.59 bits per heavy atom. The first-order chi connectivity index (χ1) is 8.26. The lowest BCUT2D eigenvalue weighted by Crippen LogP contribution is -2.34. The molecular weight excluding hydrogens is 214 g/mol. The fourth-order valence-electron chi connectivity index (χ4n) is 2.08. The third-order valence-electron chi connectivity index (χ3n) is 3.08. The molecule has 1 saturated heterocycles. The van der Waals surface area contributed by atoms with Crippen molar-refractivity contribution in [3.05, 3.63) is 0 Å². The van der Waals surface area contributed by atoms with Gasteiger partial charge in [-0.05, 0) is 32.1 Å². The van der Waals surface area contributed by atoms with Gasteiger partial charge in [-0.3, -0.25) is 4.79 Å². The smallest absolute Gasteiger partial charge is 0.221 e. The largest absolute Gasteiger partial charge is 0.378 e. The quantitative estimate of drug-likeness (QED) is 0.720. The summed E-state index contributed by atoms with van der Waals surface area (Å²) in [5, 5.41) is 2.88.